The van der Waals surface area contributed by atoms with Crippen LogP contribution in [0, 0.1) is 0 Å². The molecule has 0 aliphatic heterocycles. The monoisotopic (exact) mass is 346 g/mol. The number of hydrogen-bond acceptors (Lipinski definition) is 6. The van der Waals surface area contributed by atoms with Crippen molar-refractivity contribution in [1.82, 2.24) is 0 Å². The zero-order valence-electron chi connectivity index (χ0n) is 11.3. The van der Waals surface area contributed by atoms with Gasteiger partial charge in [-0.05, 0) is 18.2 Å². The first-order valence-electron chi connectivity index (χ1n) is 5.61. The van der Waals surface area contributed by atoms with E-state index in [4.69, 9.17) is 9.47 Å². The molecule has 0 radical (unpaired) electrons. The molecule has 20 heavy (non-hydrogen) atoms. The van der Waals surface area contributed by atoms with Gasteiger partial charge in [0.1, 0.15) is 10.6 Å². The minimum Gasteiger partial charge on any atom is -0.468 e. The largest absolute Gasteiger partial charge is 0.468 e. The molecule has 0 N–H and O–H groups in total. The molecule has 1 aromatic rings. The summed E-state index contributed by atoms with van der Waals surface area (Å²) >= 11 is 3.21. The number of esters is 2. The summed E-state index contributed by atoms with van der Waals surface area (Å²) in [6.45, 7) is 0.0193. The van der Waals surface area contributed by atoms with Gasteiger partial charge in [-0.25, -0.2) is 4.79 Å². The predicted molar refractivity (Wildman–Crippen MR) is 74.0 cm³/mol. The molecule has 0 aliphatic rings. The lowest BCUT2D eigenvalue weighted by Gasteiger charge is -2.15. The van der Waals surface area contributed by atoms with Gasteiger partial charge in [-0.3, -0.25) is 4.79 Å². The van der Waals surface area contributed by atoms with E-state index < -0.39 is 16.8 Å². The second kappa shape index (κ2) is 7.86. The lowest BCUT2D eigenvalue weighted by Crippen LogP contribution is -2.12. The van der Waals surface area contributed by atoms with Crippen LogP contribution in [0.3, 0.4) is 0 Å². The van der Waals surface area contributed by atoms with Gasteiger partial charge in [0.05, 0.1) is 19.8 Å². The Morgan fingerprint density at radius 2 is 1.90 bits per heavy atom. The van der Waals surface area contributed by atoms with Crippen molar-refractivity contribution in [1.29, 1.82) is 0 Å². The predicted octanol–water partition coefficient (Wildman–Crippen LogP) is 2.06. The maximum absolute atomic E-state index is 11.6. The summed E-state index contributed by atoms with van der Waals surface area (Å²) in [5, 5.41) is 0. The minimum absolute atomic E-state index is 0.0193. The third-order valence-corrected chi connectivity index (χ3v) is 3.31. The van der Waals surface area contributed by atoms with Crippen molar-refractivity contribution in [2.45, 2.75) is 4.83 Å². The van der Waals surface area contributed by atoms with E-state index in [2.05, 4.69) is 25.4 Å². The van der Waals surface area contributed by atoms with E-state index in [1.165, 1.54) is 33.5 Å². The first-order chi connectivity index (χ1) is 9.54. The third-order valence-electron chi connectivity index (χ3n) is 2.44. The number of ether oxygens (including phenoxy) is 4. The number of benzene rings is 1. The Labute approximate surface area is 125 Å². The van der Waals surface area contributed by atoms with Crippen LogP contribution in [0.2, 0.25) is 0 Å². The molecule has 0 heterocycles. The third kappa shape index (κ3) is 3.94. The van der Waals surface area contributed by atoms with Crippen LogP contribution < -0.4 is 4.74 Å². The molecule has 0 aromatic heterocycles. The second-order valence-corrected chi connectivity index (χ2v) is 4.60. The highest BCUT2D eigenvalue weighted by atomic mass is 79.9. The summed E-state index contributed by atoms with van der Waals surface area (Å²) in [5.41, 5.74) is 0.761. The molecule has 1 atom stereocenters. The van der Waals surface area contributed by atoms with Gasteiger partial charge in [0.2, 0.25) is 0 Å². The van der Waals surface area contributed by atoms with Gasteiger partial charge in [0, 0.05) is 12.7 Å². The Hall–Kier alpha value is -1.60. The van der Waals surface area contributed by atoms with Crippen LogP contribution in [0.5, 0.6) is 5.75 Å². The first kappa shape index (κ1) is 16.5. The summed E-state index contributed by atoms with van der Waals surface area (Å²) in [5.74, 6) is -0.602. The number of methoxy groups -OCH3 is 3. The van der Waals surface area contributed by atoms with Crippen molar-refractivity contribution in [2.75, 3.05) is 28.1 Å². The summed E-state index contributed by atoms with van der Waals surface area (Å²) in [4.78, 5) is 22.4. The average Bonchev–Trinajstić information content (AvgIpc) is 2.50. The highest BCUT2D eigenvalue weighted by molar-refractivity contribution is 9.09. The average molecular weight is 347 g/mol. The number of rotatable bonds is 6. The number of carbonyl (C=O) groups excluding carboxylic acids is 2. The van der Waals surface area contributed by atoms with Crippen LogP contribution in [-0.2, 0) is 19.0 Å². The summed E-state index contributed by atoms with van der Waals surface area (Å²) in [6.07, 6.45) is 0. The molecule has 0 fully saturated rings. The van der Waals surface area contributed by atoms with Crippen molar-refractivity contribution in [3.63, 3.8) is 0 Å². The number of alkyl halides is 1. The van der Waals surface area contributed by atoms with E-state index in [0.717, 1.165) is 0 Å². The fourth-order valence-corrected chi connectivity index (χ4v) is 2.02. The lowest BCUT2D eigenvalue weighted by molar-refractivity contribution is -0.139. The van der Waals surface area contributed by atoms with Gasteiger partial charge in [-0.2, -0.15) is 0 Å². The highest BCUT2D eigenvalue weighted by Gasteiger charge is 2.23. The van der Waals surface area contributed by atoms with Gasteiger partial charge in [0.25, 0.3) is 0 Å². The van der Waals surface area contributed by atoms with Crippen molar-refractivity contribution in [2.24, 2.45) is 0 Å². The molecule has 110 valence electrons. The maximum atomic E-state index is 11.6. The maximum Gasteiger partial charge on any atom is 0.337 e. The van der Waals surface area contributed by atoms with Crippen LogP contribution >= 0.6 is 15.9 Å². The van der Waals surface area contributed by atoms with Crippen molar-refractivity contribution in [3.05, 3.63) is 29.3 Å². The van der Waals surface area contributed by atoms with E-state index in [1.54, 1.807) is 6.07 Å². The van der Waals surface area contributed by atoms with Gasteiger partial charge in [-0.1, -0.05) is 15.9 Å². The van der Waals surface area contributed by atoms with Crippen LogP contribution in [0.4, 0.5) is 0 Å². The van der Waals surface area contributed by atoms with Crippen LogP contribution in [-0.4, -0.2) is 40.1 Å². The Bertz CT molecular complexity index is 488. The van der Waals surface area contributed by atoms with Crippen LogP contribution in [0.1, 0.15) is 20.7 Å². The first-order valence-corrected chi connectivity index (χ1v) is 6.52. The normalized spacial score (nSPS) is 11.6. The zero-order chi connectivity index (χ0) is 15.1. The molecule has 0 amide bonds. The molecular formula is C13H15BrO6. The quantitative estimate of drug-likeness (QED) is 0.446. The fourth-order valence-electron chi connectivity index (χ4n) is 1.48. The van der Waals surface area contributed by atoms with E-state index >= 15 is 0 Å². The molecule has 6 nitrogen and oxygen atoms in total. The number of hydrogen-bond donors (Lipinski definition) is 0. The topological polar surface area (TPSA) is 71.1 Å². The van der Waals surface area contributed by atoms with Gasteiger partial charge >= 0.3 is 11.9 Å². The van der Waals surface area contributed by atoms with Crippen LogP contribution in [0.15, 0.2) is 18.2 Å². The Balaban J connectivity index is 3.18. The number of carbonyl (C=O) groups is 2. The van der Waals surface area contributed by atoms with Gasteiger partial charge in [0.15, 0.2) is 6.79 Å². The zero-order valence-corrected chi connectivity index (χ0v) is 12.9. The molecule has 0 aliphatic carbocycles. The molecular weight excluding hydrogens is 332 g/mol. The van der Waals surface area contributed by atoms with E-state index in [0.29, 0.717) is 16.9 Å². The van der Waals surface area contributed by atoms with Crippen LogP contribution in [0.25, 0.3) is 0 Å². The summed E-state index contributed by atoms with van der Waals surface area (Å²) < 4.78 is 19.5. The SMILES string of the molecule is COCOc1ccc(C(=O)OC)cc1C(Br)C(=O)OC. The summed E-state index contributed by atoms with van der Waals surface area (Å²) in [6, 6.07) is 4.61. The highest BCUT2D eigenvalue weighted by Crippen LogP contribution is 2.33. The van der Waals surface area contributed by atoms with E-state index in [1.807, 2.05) is 0 Å². The molecule has 7 heteroatoms. The summed E-state index contributed by atoms with van der Waals surface area (Å²) in [7, 11) is 4.04. The Kier molecular flexibility index (Phi) is 6.47. The van der Waals surface area contributed by atoms with Gasteiger partial charge in [-0.15, -0.1) is 0 Å². The van der Waals surface area contributed by atoms with Crippen molar-refractivity contribution >= 4 is 27.9 Å². The van der Waals surface area contributed by atoms with E-state index in [-0.39, 0.29) is 6.79 Å². The molecule has 0 saturated carbocycles. The lowest BCUT2D eigenvalue weighted by atomic mass is 10.1. The molecule has 1 unspecified atom stereocenters. The molecule has 0 saturated heterocycles. The van der Waals surface area contributed by atoms with Crippen molar-refractivity contribution < 1.29 is 28.5 Å². The standard InChI is InChI=1S/C13H15BrO6/c1-17-7-20-10-5-4-8(12(15)18-2)6-9(10)11(14)13(16)19-3/h4-6,11H,7H2,1-3H3. The Morgan fingerprint density at radius 1 is 1.20 bits per heavy atom. The molecule has 0 bridgehead atoms. The van der Waals surface area contributed by atoms with E-state index in [9.17, 15) is 9.59 Å². The fraction of sp³-hybridized carbons (Fsp3) is 0.385. The second-order valence-electron chi connectivity index (χ2n) is 3.68. The molecule has 1 rings (SSSR count). The molecule has 1 aromatic carbocycles. The number of halogens is 1. The minimum atomic E-state index is -0.760. The van der Waals surface area contributed by atoms with Gasteiger partial charge < -0.3 is 18.9 Å². The van der Waals surface area contributed by atoms with Crippen molar-refractivity contribution in [3.8, 4) is 5.75 Å². The smallest absolute Gasteiger partial charge is 0.337 e. The molecule has 0 spiro atoms. The Morgan fingerprint density at radius 3 is 2.45 bits per heavy atom.